The number of ether oxygens (including phenoxy) is 2. The van der Waals surface area contributed by atoms with Gasteiger partial charge >= 0.3 is 0 Å². The van der Waals surface area contributed by atoms with Gasteiger partial charge in [-0.2, -0.15) is 0 Å². The SMILES string of the molecule is C[C@@H]1Oc2ccccc2O[C@@H]1C(=O)NC[C@@H](Cc1ccccc1)N(C)C. The molecule has 2 aromatic carbocycles. The average Bonchev–Trinajstić information content (AvgIpc) is 2.65. The van der Waals surface area contributed by atoms with E-state index in [9.17, 15) is 4.79 Å². The first kappa shape index (κ1) is 18.3. The summed E-state index contributed by atoms with van der Waals surface area (Å²) in [5.74, 6) is 1.14. The smallest absolute Gasteiger partial charge is 0.265 e. The molecular formula is C21H26N2O3. The minimum absolute atomic E-state index is 0.146. The topological polar surface area (TPSA) is 50.8 Å². The van der Waals surface area contributed by atoms with Gasteiger partial charge in [-0.25, -0.2) is 0 Å². The van der Waals surface area contributed by atoms with Gasteiger partial charge in [-0.05, 0) is 45.1 Å². The summed E-state index contributed by atoms with van der Waals surface area (Å²) in [4.78, 5) is 14.8. The van der Waals surface area contributed by atoms with Crippen LogP contribution in [-0.2, 0) is 11.2 Å². The summed E-state index contributed by atoms with van der Waals surface area (Å²) < 4.78 is 11.7. The van der Waals surface area contributed by atoms with Gasteiger partial charge in [-0.1, -0.05) is 42.5 Å². The molecule has 1 amide bonds. The third-order valence-electron chi connectivity index (χ3n) is 4.66. The zero-order valence-corrected chi connectivity index (χ0v) is 15.5. The van der Waals surface area contributed by atoms with Crippen molar-refractivity contribution >= 4 is 5.91 Å². The lowest BCUT2D eigenvalue weighted by Gasteiger charge is -2.32. The van der Waals surface area contributed by atoms with E-state index in [0.29, 0.717) is 18.0 Å². The van der Waals surface area contributed by atoms with Gasteiger partial charge in [0.25, 0.3) is 5.91 Å². The molecule has 0 spiro atoms. The van der Waals surface area contributed by atoms with Gasteiger partial charge in [0, 0.05) is 12.6 Å². The molecule has 0 saturated carbocycles. The van der Waals surface area contributed by atoms with E-state index in [1.54, 1.807) is 0 Å². The van der Waals surface area contributed by atoms with Gasteiger partial charge in [0.1, 0.15) is 6.10 Å². The molecule has 3 atom stereocenters. The summed E-state index contributed by atoms with van der Waals surface area (Å²) in [5, 5.41) is 3.03. The van der Waals surface area contributed by atoms with Crippen molar-refractivity contribution in [1.82, 2.24) is 10.2 Å². The van der Waals surface area contributed by atoms with Crippen molar-refractivity contribution in [3.63, 3.8) is 0 Å². The van der Waals surface area contributed by atoms with E-state index in [2.05, 4.69) is 22.3 Å². The predicted molar refractivity (Wildman–Crippen MR) is 102 cm³/mol. The number of amides is 1. The molecule has 26 heavy (non-hydrogen) atoms. The monoisotopic (exact) mass is 354 g/mol. The lowest BCUT2D eigenvalue weighted by Crippen LogP contribution is -2.51. The number of benzene rings is 2. The molecule has 0 aromatic heterocycles. The summed E-state index contributed by atoms with van der Waals surface area (Å²) >= 11 is 0. The molecule has 1 aliphatic rings. The maximum Gasteiger partial charge on any atom is 0.265 e. The second-order valence-electron chi connectivity index (χ2n) is 6.86. The van der Waals surface area contributed by atoms with Gasteiger partial charge < -0.3 is 19.7 Å². The van der Waals surface area contributed by atoms with Crippen LogP contribution in [0.4, 0.5) is 0 Å². The Hall–Kier alpha value is -2.53. The van der Waals surface area contributed by atoms with Gasteiger partial charge in [0.15, 0.2) is 11.5 Å². The summed E-state index contributed by atoms with van der Waals surface area (Å²) in [5.41, 5.74) is 1.25. The molecule has 0 unspecified atom stereocenters. The minimum Gasteiger partial charge on any atom is -0.482 e. The summed E-state index contributed by atoms with van der Waals surface area (Å²) in [7, 11) is 4.05. The highest BCUT2D eigenvalue weighted by molar-refractivity contribution is 5.82. The van der Waals surface area contributed by atoms with E-state index in [-0.39, 0.29) is 18.1 Å². The Balaban J connectivity index is 1.60. The van der Waals surface area contributed by atoms with Crippen LogP contribution in [0.25, 0.3) is 0 Å². The quantitative estimate of drug-likeness (QED) is 0.866. The third kappa shape index (κ3) is 4.35. The molecule has 5 heteroatoms. The Morgan fingerprint density at radius 1 is 1.04 bits per heavy atom. The fourth-order valence-electron chi connectivity index (χ4n) is 3.05. The van der Waals surface area contributed by atoms with Crippen LogP contribution in [0.5, 0.6) is 11.5 Å². The van der Waals surface area contributed by atoms with E-state index < -0.39 is 6.10 Å². The van der Waals surface area contributed by atoms with Crippen LogP contribution >= 0.6 is 0 Å². The number of para-hydroxylation sites is 2. The summed E-state index contributed by atoms with van der Waals surface area (Å²) in [6, 6.07) is 17.9. The predicted octanol–water partition coefficient (Wildman–Crippen LogP) is 2.50. The van der Waals surface area contributed by atoms with Gasteiger partial charge in [0.2, 0.25) is 6.10 Å². The molecule has 0 saturated heterocycles. The molecule has 0 bridgehead atoms. The molecule has 2 aromatic rings. The zero-order chi connectivity index (χ0) is 18.5. The van der Waals surface area contributed by atoms with Crippen molar-refractivity contribution in [3.05, 3.63) is 60.2 Å². The van der Waals surface area contributed by atoms with Crippen molar-refractivity contribution in [3.8, 4) is 11.5 Å². The minimum atomic E-state index is -0.649. The number of hydrogen-bond donors (Lipinski definition) is 1. The van der Waals surface area contributed by atoms with E-state index >= 15 is 0 Å². The third-order valence-corrected chi connectivity index (χ3v) is 4.66. The molecule has 5 nitrogen and oxygen atoms in total. The van der Waals surface area contributed by atoms with Crippen molar-refractivity contribution in [2.24, 2.45) is 0 Å². The first-order chi connectivity index (χ1) is 12.5. The Morgan fingerprint density at radius 3 is 2.31 bits per heavy atom. The average molecular weight is 354 g/mol. The van der Waals surface area contributed by atoms with E-state index in [0.717, 1.165) is 6.42 Å². The number of likely N-dealkylation sites (N-methyl/N-ethyl adjacent to an activating group) is 1. The number of fused-ring (bicyclic) bond motifs is 1. The number of hydrogen-bond acceptors (Lipinski definition) is 4. The molecular weight excluding hydrogens is 328 g/mol. The summed E-state index contributed by atoms with van der Waals surface area (Å²) in [6.07, 6.45) is -0.115. The molecule has 1 aliphatic heterocycles. The molecule has 1 heterocycles. The Bertz CT molecular complexity index is 733. The number of nitrogens with one attached hydrogen (secondary N) is 1. The van der Waals surface area contributed by atoms with Crippen molar-refractivity contribution in [1.29, 1.82) is 0 Å². The highest BCUT2D eigenvalue weighted by Crippen LogP contribution is 2.33. The van der Waals surface area contributed by atoms with Crippen LogP contribution in [0.15, 0.2) is 54.6 Å². The normalized spacial score (nSPS) is 19.8. The lowest BCUT2D eigenvalue weighted by molar-refractivity contribution is -0.133. The first-order valence-electron chi connectivity index (χ1n) is 8.95. The maximum atomic E-state index is 12.7. The van der Waals surface area contributed by atoms with Crippen molar-refractivity contribution in [2.45, 2.75) is 31.6 Å². The number of carbonyl (C=O) groups excluding carboxylic acids is 1. The van der Waals surface area contributed by atoms with Crippen molar-refractivity contribution in [2.75, 3.05) is 20.6 Å². The second-order valence-corrected chi connectivity index (χ2v) is 6.86. The van der Waals surface area contributed by atoms with Crippen molar-refractivity contribution < 1.29 is 14.3 Å². The van der Waals surface area contributed by atoms with Gasteiger partial charge in [-0.15, -0.1) is 0 Å². The van der Waals surface area contributed by atoms with Gasteiger partial charge in [0.05, 0.1) is 0 Å². The van der Waals surface area contributed by atoms with E-state index in [4.69, 9.17) is 9.47 Å². The van der Waals surface area contributed by atoms with Crippen LogP contribution in [0.2, 0.25) is 0 Å². The fourth-order valence-corrected chi connectivity index (χ4v) is 3.05. The second kappa shape index (κ2) is 8.23. The molecule has 3 rings (SSSR count). The number of carbonyl (C=O) groups is 1. The standard InChI is InChI=1S/C21H26N2O3/c1-15-20(26-19-12-8-7-11-18(19)25-15)21(24)22-14-17(23(2)3)13-16-9-5-4-6-10-16/h4-12,15,17,20H,13-14H2,1-3H3,(H,22,24)/t15-,17+,20-/m0/s1. The van der Waals surface area contributed by atoms with E-state index in [1.807, 2.05) is 63.5 Å². The Morgan fingerprint density at radius 2 is 1.65 bits per heavy atom. The van der Waals surface area contributed by atoms with Crippen LogP contribution in [0, 0.1) is 0 Å². The molecule has 1 N–H and O–H groups in total. The lowest BCUT2D eigenvalue weighted by atomic mass is 10.0. The largest absolute Gasteiger partial charge is 0.482 e. The first-order valence-corrected chi connectivity index (χ1v) is 8.95. The number of nitrogens with zero attached hydrogens (tertiary/aromatic N) is 1. The highest BCUT2D eigenvalue weighted by Gasteiger charge is 2.34. The maximum absolute atomic E-state index is 12.7. The van der Waals surface area contributed by atoms with Crippen LogP contribution in [-0.4, -0.2) is 49.7 Å². The number of rotatable bonds is 6. The zero-order valence-electron chi connectivity index (χ0n) is 15.5. The fraction of sp³-hybridized carbons (Fsp3) is 0.381. The van der Waals surface area contributed by atoms with E-state index in [1.165, 1.54) is 5.56 Å². The van der Waals surface area contributed by atoms with Gasteiger partial charge in [-0.3, -0.25) is 4.79 Å². The van der Waals surface area contributed by atoms with Crippen LogP contribution in [0.1, 0.15) is 12.5 Å². The molecule has 0 radical (unpaired) electrons. The summed E-state index contributed by atoms with van der Waals surface area (Å²) in [6.45, 7) is 2.41. The Labute approximate surface area is 154 Å². The van der Waals surface area contributed by atoms with Crippen LogP contribution < -0.4 is 14.8 Å². The molecule has 0 fully saturated rings. The molecule has 138 valence electrons. The highest BCUT2D eigenvalue weighted by atomic mass is 16.6. The Kier molecular flexibility index (Phi) is 5.78. The molecule has 0 aliphatic carbocycles. The van der Waals surface area contributed by atoms with Crippen LogP contribution in [0.3, 0.4) is 0 Å².